The molecule has 0 amide bonds. The fourth-order valence-electron chi connectivity index (χ4n) is 2.59. The molecule has 1 fully saturated rings. The average Bonchev–Trinajstić information content (AvgIpc) is 2.82. The Hall–Kier alpha value is -1.09. The van der Waals surface area contributed by atoms with Crippen LogP contribution in [0.3, 0.4) is 0 Å². The maximum absolute atomic E-state index is 12.3. The zero-order valence-electron chi connectivity index (χ0n) is 9.58. The number of nitrogens with two attached hydrogens (primary N) is 1. The van der Waals surface area contributed by atoms with E-state index in [1.54, 1.807) is 12.5 Å². The second-order valence-electron chi connectivity index (χ2n) is 4.78. The van der Waals surface area contributed by atoms with Gasteiger partial charge in [-0.1, -0.05) is 19.3 Å². The van der Waals surface area contributed by atoms with E-state index in [4.69, 9.17) is 10.2 Å². The Labute approximate surface area is 96.0 Å². The molecule has 0 unspecified atom stereocenters. The van der Waals surface area contributed by atoms with Crippen LogP contribution in [0.4, 0.5) is 0 Å². The predicted octanol–water partition coefficient (Wildman–Crippen LogP) is 2.30. The molecule has 16 heavy (non-hydrogen) atoms. The number of carbonyl (C=O) groups is 1. The van der Waals surface area contributed by atoms with Crippen molar-refractivity contribution in [1.82, 2.24) is 0 Å². The van der Waals surface area contributed by atoms with Crippen molar-refractivity contribution >= 4 is 5.78 Å². The Kier molecular flexibility index (Phi) is 3.44. The van der Waals surface area contributed by atoms with Crippen LogP contribution in [0.2, 0.25) is 0 Å². The Morgan fingerprint density at radius 1 is 1.38 bits per heavy atom. The molecule has 0 atom stereocenters. The fraction of sp³-hybridized carbons (Fsp3) is 0.615. The van der Waals surface area contributed by atoms with Crippen molar-refractivity contribution in [3.05, 3.63) is 24.2 Å². The minimum atomic E-state index is -0.254. The maximum Gasteiger partial charge on any atom is 0.144 e. The zero-order valence-corrected chi connectivity index (χ0v) is 9.58. The molecule has 2 rings (SSSR count). The molecule has 0 aromatic carbocycles. The second-order valence-corrected chi connectivity index (χ2v) is 4.78. The van der Waals surface area contributed by atoms with Gasteiger partial charge < -0.3 is 10.2 Å². The highest BCUT2D eigenvalue weighted by molar-refractivity contribution is 5.87. The Bertz CT molecular complexity index is 337. The molecule has 2 N–H and O–H groups in total. The highest BCUT2D eigenvalue weighted by Gasteiger charge is 2.37. The first kappa shape index (κ1) is 11.4. The van der Waals surface area contributed by atoms with Gasteiger partial charge in [-0.25, -0.2) is 0 Å². The van der Waals surface area contributed by atoms with Gasteiger partial charge in [-0.3, -0.25) is 4.79 Å². The molecular formula is C13H19NO2. The maximum atomic E-state index is 12.3. The summed E-state index contributed by atoms with van der Waals surface area (Å²) in [5, 5.41) is 0. The second kappa shape index (κ2) is 4.83. The van der Waals surface area contributed by atoms with Crippen LogP contribution in [-0.4, -0.2) is 12.3 Å². The lowest BCUT2D eigenvalue weighted by Gasteiger charge is -2.34. The molecule has 1 saturated carbocycles. The van der Waals surface area contributed by atoms with Crippen LogP contribution in [0.15, 0.2) is 23.0 Å². The molecule has 0 radical (unpaired) electrons. The molecule has 0 saturated heterocycles. The Balaban J connectivity index is 2.06. The van der Waals surface area contributed by atoms with E-state index in [9.17, 15) is 4.79 Å². The third kappa shape index (κ3) is 2.19. The monoisotopic (exact) mass is 221 g/mol. The molecule has 1 aromatic rings. The zero-order chi connectivity index (χ0) is 11.4. The summed E-state index contributed by atoms with van der Waals surface area (Å²) in [5.74, 6) is 0.288. The van der Waals surface area contributed by atoms with Crippen LogP contribution in [0.25, 0.3) is 0 Å². The van der Waals surface area contributed by atoms with E-state index in [2.05, 4.69) is 0 Å². The molecule has 88 valence electrons. The van der Waals surface area contributed by atoms with Crippen molar-refractivity contribution in [3.8, 4) is 0 Å². The fourth-order valence-corrected chi connectivity index (χ4v) is 2.59. The molecule has 3 heteroatoms. The van der Waals surface area contributed by atoms with Gasteiger partial charge in [0.1, 0.15) is 5.78 Å². The lowest BCUT2D eigenvalue weighted by molar-refractivity contribution is -0.129. The summed E-state index contributed by atoms with van der Waals surface area (Å²) in [7, 11) is 0. The van der Waals surface area contributed by atoms with Gasteiger partial charge in [0, 0.05) is 18.4 Å². The predicted molar refractivity (Wildman–Crippen MR) is 62.0 cm³/mol. The molecule has 0 bridgehead atoms. The summed E-state index contributed by atoms with van der Waals surface area (Å²) in [6.45, 7) is 0.490. The van der Waals surface area contributed by atoms with Gasteiger partial charge in [0.15, 0.2) is 0 Å². The van der Waals surface area contributed by atoms with Crippen molar-refractivity contribution in [2.24, 2.45) is 11.1 Å². The first-order chi connectivity index (χ1) is 7.77. The molecule has 1 heterocycles. The van der Waals surface area contributed by atoms with Gasteiger partial charge in [0.05, 0.1) is 12.5 Å². The summed E-state index contributed by atoms with van der Waals surface area (Å²) >= 11 is 0. The molecule has 1 aromatic heterocycles. The SMILES string of the molecule is NCC1(C(=O)Cc2ccoc2)CCCCC1. The summed E-state index contributed by atoms with van der Waals surface area (Å²) in [4.78, 5) is 12.3. The first-order valence-electron chi connectivity index (χ1n) is 6.01. The van der Waals surface area contributed by atoms with Crippen LogP contribution in [0.1, 0.15) is 37.7 Å². The van der Waals surface area contributed by atoms with E-state index in [-0.39, 0.29) is 11.2 Å². The van der Waals surface area contributed by atoms with E-state index in [1.807, 2.05) is 6.07 Å². The van der Waals surface area contributed by atoms with Crippen molar-refractivity contribution < 1.29 is 9.21 Å². The van der Waals surface area contributed by atoms with E-state index in [0.29, 0.717) is 13.0 Å². The topological polar surface area (TPSA) is 56.2 Å². The normalized spacial score (nSPS) is 19.6. The molecule has 0 aliphatic heterocycles. The summed E-state index contributed by atoms with van der Waals surface area (Å²) in [5.41, 5.74) is 6.53. The Morgan fingerprint density at radius 3 is 2.69 bits per heavy atom. The van der Waals surface area contributed by atoms with Crippen LogP contribution in [0.5, 0.6) is 0 Å². The smallest absolute Gasteiger partial charge is 0.144 e. The van der Waals surface area contributed by atoms with E-state index in [0.717, 1.165) is 31.2 Å². The van der Waals surface area contributed by atoms with Gasteiger partial charge in [-0.15, -0.1) is 0 Å². The van der Waals surface area contributed by atoms with Gasteiger partial charge in [-0.05, 0) is 24.5 Å². The van der Waals surface area contributed by atoms with Crippen LogP contribution in [-0.2, 0) is 11.2 Å². The van der Waals surface area contributed by atoms with Crippen molar-refractivity contribution in [3.63, 3.8) is 0 Å². The van der Waals surface area contributed by atoms with E-state index >= 15 is 0 Å². The number of ketones is 1. The summed E-state index contributed by atoms with van der Waals surface area (Å²) in [6, 6.07) is 1.85. The third-order valence-electron chi connectivity index (χ3n) is 3.74. The number of hydrogen-bond donors (Lipinski definition) is 1. The van der Waals surface area contributed by atoms with Crippen LogP contribution < -0.4 is 5.73 Å². The molecular weight excluding hydrogens is 202 g/mol. The molecule has 3 nitrogen and oxygen atoms in total. The number of hydrogen-bond acceptors (Lipinski definition) is 3. The van der Waals surface area contributed by atoms with Crippen molar-refractivity contribution in [1.29, 1.82) is 0 Å². The summed E-state index contributed by atoms with van der Waals surface area (Å²) < 4.78 is 4.99. The number of carbonyl (C=O) groups excluding carboxylic acids is 1. The highest BCUT2D eigenvalue weighted by Crippen LogP contribution is 2.37. The van der Waals surface area contributed by atoms with Gasteiger partial charge >= 0.3 is 0 Å². The van der Waals surface area contributed by atoms with Crippen LogP contribution in [0, 0.1) is 5.41 Å². The highest BCUT2D eigenvalue weighted by atomic mass is 16.3. The standard InChI is InChI=1S/C13H19NO2/c14-10-13(5-2-1-3-6-13)12(15)8-11-4-7-16-9-11/h4,7,9H,1-3,5-6,8,10,14H2. The van der Waals surface area contributed by atoms with E-state index < -0.39 is 0 Å². The third-order valence-corrected chi connectivity index (χ3v) is 3.74. The van der Waals surface area contributed by atoms with Gasteiger partial charge in [0.25, 0.3) is 0 Å². The Morgan fingerprint density at radius 2 is 2.12 bits per heavy atom. The lowest BCUT2D eigenvalue weighted by atomic mass is 9.70. The van der Waals surface area contributed by atoms with Gasteiger partial charge in [-0.2, -0.15) is 0 Å². The lowest BCUT2D eigenvalue weighted by Crippen LogP contribution is -2.41. The molecule has 1 aliphatic rings. The molecule has 0 spiro atoms. The summed E-state index contributed by atoms with van der Waals surface area (Å²) in [6.07, 6.45) is 9.14. The first-order valence-corrected chi connectivity index (χ1v) is 6.01. The largest absolute Gasteiger partial charge is 0.472 e. The average molecular weight is 221 g/mol. The van der Waals surface area contributed by atoms with Crippen molar-refractivity contribution in [2.75, 3.05) is 6.54 Å². The minimum absolute atomic E-state index is 0.254. The quantitative estimate of drug-likeness (QED) is 0.848. The number of rotatable bonds is 4. The number of furan rings is 1. The minimum Gasteiger partial charge on any atom is -0.472 e. The van der Waals surface area contributed by atoms with Crippen molar-refractivity contribution in [2.45, 2.75) is 38.5 Å². The van der Waals surface area contributed by atoms with Crippen LogP contribution >= 0.6 is 0 Å². The van der Waals surface area contributed by atoms with Gasteiger partial charge in [0.2, 0.25) is 0 Å². The molecule has 1 aliphatic carbocycles. The number of Topliss-reactive ketones (excluding diaryl/α,β-unsaturated/α-hetero) is 1. The van der Waals surface area contributed by atoms with E-state index in [1.165, 1.54) is 6.42 Å².